The fraction of sp³-hybridized carbons (Fsp3) is 0.692. The normalized spacial score (nSPS) is 26.8. The Bertz CT molecular complexity index is 303. The Kier molecular flexibility index (Phi) is 3.81. The molecule has 1 N–H and O–H groups in total. The van der Waals surface area contributed by atoms with E-state index in [2.05, 4.69) is 30.6 Å². The first kappa shape index (κ1) is 11.2. The molecule has 2 rings (SSSR count). The van der Waals surface area contributed by atoms with Crippen molar-refractivity contribution >= 4 is 11.3 Å². The minimum atomic E-state index is 0.720. The van der Waals surface area contributed by atoms with Gasteiger partial charge in [-0.25, -0.2) is 0 Å². The first-order chi connectivity index (χ1) is 7.31. The molecule has 2 heteroatoms. The number of hydrogen-bond acceptors (Lipinski definition) is 2. The van der Waals surface area contributed by atoms with Crippen LogP contribution in [0.5, 0.6) is 0 Å². The molecule has 1 aromatic heterocycles. The van der Waals surface area contributed by atoms with E-state index in [1.54, 1.807) is 5.56 Å². The SMILES string of the molecule is CCNC1CCCCC1c1csc(C)c1. The summed E-state index contributed by atoms with van der Waals surface area (Å²) in [6, 6.07) is 3.10. The highest BCUT2D eigenvalue weighted by Gasteiger charge is 2.25. The minimum Gasteiger partial charge on any atom is -0.314 e. The quantitative estimate of drug-likeness (QED) is 0.824. The Labute approximate surface area is 96.9 Å². The first-order valence-electron chi connectivity index (χ1n) is 6.09. The molecular weight excluding hydrogens is 202 g/mol. The molecule has 0 amide bonds. The van der Waals surface area contributed by atoms with Gasteiger partial charge in [0.05, 0.1) is 0 Å². The van der Waals surface area contributed by atoms with Crippen molar-refractivity contribution in [1.29, 1.82) is 0 Å². The number of nitrogens with one attached hydrogen (secondary N) is 1. The maximum atomic E-state index is 3.65. The fourth-order valence-electron chi connectivity index (χ4n) is 2.69. The van der Waals surface area contributed by atoms with Crippen molar-refractivity contribution < 1.29 is 0 Å². The zero-order valence-electron chi connectivity index (χ0n) is 9.75. The highest BCUT2D eigenvalue weighted by atomic mass is 32.1. The lowest BCUT2D eigenvalue weighted by molar-refractivity contribution is 0.333. The van der Waals surface area contributed by atoms with E-state index in [1.807, 2.05) is 11.3 Å². The summed E-state index contributed by atoms with van der Waals surface area (Å²) >= 11 is 1.89. The van der Waals surface area contributed by atoms with Crippen molar-refractivity contribution in [2.45, 2.75) is 51.5 Å². The summed E-state index contributed by atoms with van der Waals surface area (Å²) in [4.78, 5) is 1.45. The first-order valence-corrected chi connectivity index (χ1v) is 6.97. The molecule has 1 saturated carbocycles. The fourth-order valence-corrected chi connectivity index (χ4v) is 3.46. The summed E-state index contributed by atoms with van der Waals surface area (Å²) in [6.45, 7) is 5.52. The summed E-state index contributed by atoms with van der Waals surface area (Å²) < 4.78 is 0. The highest BCUT2D eigenvalue weighted by molar-refractivity contribution is 7.10. The molecule has 15 heavy (non-hydrogen) atoms. The number of rotatable bonds is 3. The van der Waals surface area contributed by atoms with Gasteiger partial charge >= 0.3 is 0 Å². The van der Waals surface area contributed by atoms with Crippen LogP contribution in [0.1, 0.15) is 49.0 Å². The van der Waals surface area contributed by atoms with E-state index < -0.39 is 0 Å². The summed E-state index contributed by atoms with van der Waals surface area (Å²) in [5.41, 5.74) is 1.57. The lowest BCUT2D eigenvalue weighted by Gasteiger charge is -2.31. The molecule has 0 saturated heterocycles. The van der Waals surface area contributed by atoms with Gasteiger partial charge in [-0.2, -0.15) is 0 Å². The van der Waals surface area contributed by atoms with Crippen molar-refractivity contribution in [3.8, 4) is 0 Å². The summed E-state index contributed by atoms with van der Waals surface area (Å²) in [5.74, 6) is 0.767. The molecule has 1 aliphatic rings. The van der Waals surface area contributed by atoms with Gasteiger partial charge in [-0.15, -0.1) is 11.3 Å². The van der Waals surface area contributed by atoms with Crippen LogP contribution in [0, 0.1) is 6.92 Å². The molecule has 0 spiro atoms. The van der Waals surface area contributed by atoms with Crippen LogP contribution in [0.2, 0.25) is 0 Å². The summed E-state index contributed by atoms with van der Waals surface area (Å²) in [5, 5.41) is 6.00. The lowest BCUT2D eigenvalue weighted by atomic mass is 9.81. The van der Waals surface area contributed by atoms with Crippen molar-refractivity contribution in [3.05, 3.63) is 21.9 Å². The molecule has 0 aliphatic heterocycles. The third kappa shape index (κ3) is 2.61. The third-order valence-corrected chi connectivity index (χ3v) is 4.29. The van der Waals surface area contributed by atoms with Gasteiger partial charge in [-0.1, -0.05) is 19.8 Å². The second-order valence-corrected chi connectivity index (χ2v) is 5.66. The third-order valence-electron chi connectivity index (χ3n) is 3.41. The minimum absolute atomic E-state index is 0.720. The van der Waals surface area contributed by atoms with Crippen molar-refractivity contribution in [3.63, 3.8) is 0 Å². The molecule has 2 atom stereocenters. The number of aryl methyl sites for hydroxylation is 1. The van der Waals surface area contributed by atoms with Gasteiger partial charge in [-0.05, 0) is 43.3 Å². The average Bonchev–Trinajstić information content (AvgIpc) is 2.66. The Morgan fingerprint density at radius 1 is 1.40 bits per heavy atom. The number of hydrogen-bond donors (Lipinski definition) is 1. The van der Waals surface area contributed by atoms with Crippen molar-refractivity contribution in [2.75, 3.05) is 6.54 Å². The number of thiophene rings is 1. The lowest BCUT2D eigenvalue weighted by Crippen LogP contribution is -2.36. The van der Waals surface area contributed by atoms with Crippen LogP contribution >= 0.6 is 11.3 Å². The van der Waals surface area contributed by atoms with E-state index in [0.717, 1.165) is 18.5 Å². The van der Waals surface area contributed by atoms with E-state index in [4.69, 9.17) is 0 Å². The number of likely N-dealkylation sites (N-methyl/N-ethyl adjacent to an activating group) is 1. The standard InChI is InChI=1S/C13H21NS/c1-3-14-13-7-5-4-6-12(13)11-8-10(2)15-9-11/h8-9,12-14H,3-7H2,1-2H3. The molecule has 1 nitrogen and oxygen atoms in total. The van der Waals surface area contributed by atoms with Gasteiger partial charge in [0.2, 0.25) is 0 Å². The van der Waals surface area contributed by atoms with Crippen LogP contribution in [0.15, 0.2) is 11.4 Å². The second-order valence-electron chi connectivity index (χ2n) is 4.55. The smallest absolute Gasteiger partial charge is 0.0136 e. The van der Waals surface area contributed by atoms with Crippen LogP contribution in [0.4, 0.5) is 0 Å². The molecule has 0 bridgehead atoms. The molecule has 1 heterocycles. The van der Waals surface area contributed by atoms with Gasteiger partial charge in [0.15, 0.2) is 0 Å². The van der Waals surface area contributed by atoms with E-state index in [9.17, 15) is 0 Å². The van der Waals surface area contributed by atoms with E-state index in [0.29, 0.717) is 0 Å². The van der Waals surface area contributed by atoms with Gasteiger partial charge in [0, 0.05) is 16.8 Å². The van der Waals surface area contributed by atoms with E-state index >= 15 is 0 Å². The topological polar surface area (TPSA) is 12.0 Å². The zero-order valence-corrected chi connectivity index (χ0v) is 10.6. The monoisotopic (exact) mass is 223 g/mol. The molecule has 2 unspecified atom stereocenters. The molecular formula is C13H21NS. The van der Waals surface area contributed by atoms with Gasteiger partial charge in [0.1, 0.15) is 0 Å². The summed E-state index contributed by atoms with van der Waals surface area (Å²) in [7, 11) is 0. The maximum absolute atomic E-state index is 3.65. The zero-order chi connectivity index (χ0) is 10.7. The maximum Gasteiger partial charge on any atom is 0.0136 e. The van der Waals surface area contributed by atoms with Crippen LogP contribution in [-0.2, 0) is 0 Å². The van der Waals surface area contributed by atoms with Gasteiger partial charge < -0.3 is 5.32 Å². The van der Waals surface area contributed by atoms with Crippen molar-refractivity contribution in [1.82, 2.24) is 5.32 Å². The second kappa shape index (κ2) is 5.13. The van der Waals surface area contributed by atoms with E-state index in [-0.39, 0.29) is 0 Å². The molecule has 1 fully saturated rings. The molecule has 0 aromatic carbocycles. The summed E-state index contributed by atoms with van der Waals surface area (Å²) in [6.07, 6.45) is 5.53. The molecule has 84 valence electrons. The van der Waals surface area contributed by atoms with Gasteiger partial charge in [0.25, 0.3) is 0 Å². The van der Waals surface area contributed by atoms with Crippen LogP contribution in [-0.4, -0.2) is 12.6 Å². The average molecular weight is 223 g/mol. The van der Waals surface area contributed by atoms with Crippen LogP contribution < -0.4 is 5.32 Å². The van der Waals surface area contributed by atoms with Gasteiger partial charge in [-0.3, -0.25) is 0 Å². The molecule has 0 radical (unpaired) electrons. The molecule has 1 aliphatic carbocycles. The van der Waals surface area contributed by atoms with Crippen LogP contribution in [0.3, 0.4) is 0 Å². The van der Waals surface area contributed by atoms with E-state index in [1.165, 1.54) is 30.6 Å². The van der Waals surface area contributed by atoms with Crippen LogP contribution in [0.25, 0.3) is 0 Å². The predicted octanol–water partition coefficient (Wildman–Crippen LogP) is 3.69. The molecule has 1 aromatic rings. The van der Waals surface area contributed by atoms with Crippen molar-refractivity contribution in [2.24, 2.45) is 0 Å². The highest BCUT2D eigenvalue weighted by Crippen LogP contribution is 2.35. The predicted molar refractivity (Wildman–Crippen MR) is 67.7 cm³/mol. The Morgan fingerprint density at radius 3 is 2.87 bits per heavy atom. The largest absolute Gasteiger partial charge is 0.314 e. The Balaban J connectivity index is 2.10. The Hall–Kier alpha value is -0.340. The Morgan fingerprint density at radius 2 is 2.20 bits per heavy atom.